The van der Waals surface area contributed by atoms with E-state index in [0.717, 1.165) is 11.2 Å². The molecule has 0 N–H and O–H groups in total. The van der Waals surface area contributed by atoms with Crippen LogP contribution in [-0.4, -0.2) is 4.98 Å². The number of pyridine rings is 1. The summed E-state index contributed by atoms with van der Waals surface area (Å²) in [5, 5.41) is 2.50. The van der Waals surface area contributed by atoms with Crippen molar-refractivity contribution in [3.8, 4) is 21.7 Å². The summed E-state index contributed by atoms with van der Waals surface area (Å²) < 4.78 is 1.25. The van der Waals surface area contributed by atoms with Gasteiger partial charge in [0.2, 0.25) is 0 Å². The van der Waals surface area contributed by atoms with E-state index in [2.05, 4.69) is 84.9 Å². The highest BCUT2D eigenvalue weighted by molar-refractivity contribution is 7.23. The molecule has 0 aliphatic heterocycles. The molecule has 0 radical (unpaired) electrons. The molecular formula is C23H15NS. The summed E-state index contributed by atoms with van der Waals surface area (Å²) in [6.07, 6.45) is 0. The fraction of sp³-hybridized carbons (Fsp3) is 0. The summed E-state index contributed by atoms with van der Waals surface area (Å²) in [5.74, 6) is 0. The Morgan fingerprint density at radius 1 is 0.600 bits per heavy atom. The molecule has 0 aliphatic rings. The van der Waals surface area contributed by atoms with E-state index in [1.54, 1.807) is 0 Å². The molecule has 0 spiro atoms. The molecule has 2 heterocycles. The van der Waals surface area contributed by atoms with Crippen LogP contribution in [0.5, 0.6) is 0 Å². The SMILES string of the molecule is c1ccc(-c2cc3c(s2)c(-c2ccccc2)nc2ccccc23)cc1. The van der Waals surface area contributed by atoms with Crippen molar-refractivity contribution in [1.29, 1.82) is 0 Å². The van der Waals surface area contributed by atoms with Crippen molar-refractivity contribution < 1.29 is 0 Å². The van der Waals surface area contributed by atoms with Crippen LogP contribution in [0.2, 0.25) is 0 Å². The molecular weight excluding hydrogens is 322 g/mol. The lowest BCUT2D eigenvalue weighted by atomic mass is 10.1. The Morgan fingerprint density at radius 3 is 2.00 bits per heavy atom. The molecule has 1 nitrogen and oxygen atoms in total. The number of rotatable bonds is 2. The highest BCUT2D eigenvalue weighted by atomic mass is 32.1. The maximum Gasteiger partial charge on any atom is 0.0888 e. The predicted octanol–water partition coefficient (Wildman–Crippen LogP) is 6.78. The van der Waals surface area contributed by atoms with Gasteiger partial charge in [-0.2, -0.15) is 0 Å². The zero-order valence-corrected chi connectivity index (χ0v) is 14.3. The van der Waals surface area contributed by atoms with Gasteiger partial charge in [-0.05, 0) is 17.7 Å². The lowest BCUT2D eigenvalue weighted by Gasteiger charge is -2.06. The van der Waals surface area contributed by atoms with Crippen molar-refractivity contribution in [3.63, 3.8) is 0 Å². The number of para-hydroxylation sites is 1. The second-order valence-corrected chi connectivity index (χ2v) is 7.12. The molecule has 25 heavy (non-hydrogen) atoms. The molecule has 0 unspecified atom stereocenters. The normalized spacial score (nSPS) is 11.2. The largest absolute Gasteiger partial charge is 0.246 e. The summed E-state index contributed by atoms with van der Waals surface area (Å²) in [6.45, 7) is 0. The zero-order valence-electron chi connectivity index (χ0n) is 13.5. The monoisotopic (exact) mass is 337 g/mol. The minimum absolute atomic E-state index is 1.05. The molecule has 3 aromatic carbocycles. The van der Waals surface area contributed by atoms with Gasteiger partial charge in [0.1, 0.15) is 0 Å². The number of nitrogens with zero attached hydrogens (tertiary/aromatic N) is 1. The second-order valence-electron chi connectivity index (χ2n) is 6.06. The van der Waals surface area contributed by atoms with Crippen LogP contribution in [0, 0.1) is 0 Å². The maximum absolute atomic E-state index is 4.99. The van der Waals surface area contributed by atoms with Gasteiger partial charge in [-0.15, -0.1) is 11.3 Å². The number of hydrogen-bond donors (Lipinski definition) is 0. The molecule has 0 saturated heterocycles. The van der Waals surface area contributed by atoms with Crippen molar-refractivity contribution in [2.75, 3.05) is 0 Å². The molecule has 5 rings (SSSR count). The van der Waals surface area contributed by atoms with Crippen LogP contribution in [0.4, 0.5) is 0 Å². The van der Waals surface area contributed by atoms with Gasteiger partial charge in [-0.1, -0.05) is 78.9 Å². The average Bonchev–Trinajstić information content (AvgIpc) is 3.14. The molecule has 118 valence electrons. The summed E-state index contributed by atoms with van der Waals surface area (Å²) in [5.41, 5.74) is 4.54. The number of thiophene rings is 1. The quantitative estimate of drug-likeness (QED) is 0.346. The standard InChI is InChI=1S/C23H15NS/c1-3-9-16(10-4-1)21-15-19-18-13-7-8-14-20(18)24-22(23(19)25-21)17-11-5-2-6-12-17/h1-15H. The Morgan fingerprint density at radius 2 is 1.24 bits per heavy atom. The van der Waals surface area contributed by atoms with Crippen LogP contribution in [0.1, 0.15) is 0 Å². The Labute approximate surface area is 150 Å². The summed E-state index contributed by atoms with van der Waals surface area (Å²) >= 11 is 1.82. The van der Waals surface area contributed by atoms with Crippen LogP contribution < -0.4 is 0 Å². The van der Waals surface area contributed by atoms with E-state index in [1.807, 2.05) is 17.4 Å². The van der Waals surface area contributed by atoms with Crippen molar-refractivity contribution in [1.82, 2.24) is 4.98 Å². The van der Waals surface area contributed by atoms with E-state index in [9.17, 15) is 0 Å². The Bertz CT molecular complexity index is 1170. The highest BCUT2D eigenvalue weighted by Crippen LogP contribution is 2.41. The third kappa shape index (κ3) is 2.43. The van der Waals surface area contributed by atoms with Crippen molar-refractivity contribution >= 4 is 32.3 Å². The minimum atomic E-state index is 1.05. The third-order valence-corrected chi connectivity index (χ3v) is 5.67. The van der Waals surface area contributed by atoms with Gasteiger partial charge in [-0.25, -0.2) is 4.98 Å². The van der Waals surface area contributed by atoms with Gasteiger partial charge in [0, 0.05) is 21.2 Å². The molecule has 0 fully saturated rings. The Kier molecular flexibility index (Phi) is 3.36. The fourth-order valence-electron chi connectivity index (χ4n) is 3.27. The zero-order chi connectivity index (χ0) is 16.6. The van der Waals surface area contributed by atoms with Crippen molar-refractivity contribution in [2.24, 2.45) is 0 Å². The van der Waals surface area contributed by atoms with Gasteiger partial charge < -0.3 is 0 Å². The molecule has 2 heteroatoms. The Balaban J connectivity index is 1.88. The summed E-state index contributed by atoms with van der Waals surface area (Å²) in [4.78, 5) is 6.27. The van der Waals surface area contributed by atoms with E-state index in [-0.39, 0.29) is 0 Å². The molecule has 0 aliphatic carbocycles. The first kappa shape index (κ1) is 14.4. The van der Waals surface area contributed by atoms with Crippen LogP contribution in [0.15, 0.2) is 91.0 Å². The molecule has 0 saturated carbocycles. The van der Waals surface area contributed by atoms with Crippen LogP contribution >= 0.6 is 11.3 Å². The second kappa shape index (κ2) is 5.83. The topological polar surface area (TPSA) is 12.9 Å². The van der Waals surface area contributed by atoms with Gasteiger partial charge in [0.05, 0.1) is 15.9 Å². The van der Waals surface area contributed by atoms with E-state index in [1.165, 1.54) is 31.5 Å². The first-order valence-electron chi connectivity index (χ1n) is 8.33. The molecule has 5 aromatic rings. The Hall–Kier alpha value is -2.97. The lowest BCUT2D eigenvalue weighted by molar-refractivity contribution is 1.44. The van der Waals surface area contributed by atoms with Gasteiger partial charge in [0.15, 0.2) is 0 Å². The van der Waals surface area contributed by atoms with Crippen LogP contribution in [0.25, 0.3) is 42.7 Å². The fourth-order valence-corrected chi connectivity index (χ4v) is 4.46. The van der Waals surface area contributed by atoms with Gasteiger partial charge in [0.25, 0.3) is 0 Å². The predicted molar refractivity (Wildman–Crippen MR) is 108 cm³/mol. The number of aromatic nitrogens is 1. The van der Waals surface area contributed by atoms with E-state index < -0.39 is 0 Å². The first-order chi connectivity index (χ1) is 12.4. The number of benzene rings is 3. The smallest absolute Gasteiger partial charge is 0.0888 e. The molecule has 0 atom stereocenters. The van der Waals surface area contributed by atoms with E-state index in [4.69, 9.17) is 4.98 Å². The third-order valence-electron chi connectivity index (χ3n) is 4.48. The first-order valence-corrected chi connectivity index (χ1v) is 9.15. The molecule has 2 aromatic heterocycles. The number of fused-ring (bicyclic) bond motifs is 3. The summed E-state index contributed by atoms with van der Waals surface area (Å²) in [7, 11) is 0. The van der Waals surface area contributed by atoms with Crippen molar-refractivity contribution in [2.45, 2.75) is 0 Å². The van der Waals surface area contributed by atoms with Crippen molar-refractivity contribution in [3.05, 3.63) is 91.0 Å². The van der Waals surface area contributed by atoms with Gasteiger partial charge >= 0.3 is 0 Å². The number of hydrogen-bond acceptors (Lipinski definition) is 2. The maximum atomic E-state index is 4.99. The molecule has 0 amide bonds. The van der Waals surface area contributed by atoms with E-state index >= 15 is 0 Å². The minimum Gasteiger partial charge on any atom is -0.246 e. The average molecular weight is 337 g/mol. The summed E-state index contributed by atoms with van der Waals surface area (Å²) in [6, 6.07) is 31.8. The molecule has 0 bridgehead atoms. The van der Waals surface area contributed by atoms with Gasteiger partial charge in [-0.3, -0.25) is 0 Å². The van der Waals surface area contributed by atoms with Crippen LogP contribution in [0.3, 0.4) is 0 Å². The highest BCUT2D eigenvalue weighted by Gasteiger charge is 2.14. The van der Waals surface area contributed by atoms with Crippen LogP contribution in [-0.2, 0) is 0 Å². The van der Waals surface area contributed by atoms with E-state index in [0.29, 0.717) is 0 Å². The lowest BCUT2D eigenvalue weighted by Crippen LogP contribution is -1.86.